The Balaban J connectivity index is 1.56. The number of nitrogens with zero attached hydrogens (tertiary/aromatic N) is 2. The fourth-order valence-electron chi connectivity index (χ4n) is 4.64. The highest BCUT2D eigenvalue weighted by atomic mass is 35.5. The van der Waals surface area contributed by atoms with E-state index in [4.69, 9.17) is 16.3 Å². The molecule has 10 heteroatoms. The molecule has 0 bridgehead atoms. The van der Waals surface area contributed by atoms with Crippen molar-refractivity contribution in [3.63, 3.8) is 0 Å². The van der Waals surface area contributed by atoms with E-state index in [1.165, 1.54) is 35.9 Å². The number of fused-ring (bicyclic) bond motifs is 2. The Hall–Kier alpha value is -3.17. The molecule has 0 aliphatic carbocycles. The van der Waals surface area contributed by atoms with Crippen molar-refractivity contribution in [1.82, 2.24) is 4.90 Å². The smallest absolute Gasteiger partial charge is 0.416 e. The minimum absolute atomic E-state index is 0.0534. The first-order valence-electron chi connectivity index (χ1n) is 11.0. The van der Waals surface area contributed by atoms with E-state index in [1.54, 1.807) is 47.4 Å². The minimum atomic E-state index is -4.45. The van der Waals surface area contributed by atoms with Crippen molar-refractivity contribution in [2.45, 2.75) is 17.6 Å². The number of benzene rings is 3. The van der Waals surface area contributed by atoms with E-state index >= 15 is 0 Å². The fraction of sp³-hybridized carbons (Fsp3) is 0.231. The molecule has 186 valence electrons. The van der Waals surface area contributed by atoms with Crippen LogP contribution in [0, 0.1) is 0 Å². The van der Waals surface area contributed by atoms with Crippen molar-refractivity contribution in [2.24, 2.45) is 0 Å². The molecule has 1 atom stereocenters. The number of carbonyl (C=O) groups excluding carboxylic acids is 2. The van der Waals surface area contributed by atoms with Gasteiger partial charge in [0, 0.05) is 28.4 Å². The fourth-order valence-corrected chi connectivity index (χ4v) is 6.28. The van der Waals surface area contributed by atoms with Crippen LogP contribution in [0.25, 0.3) is 0 Å². The quantitative estimate of drug-likeness (QED) is 0.416. The standard InChI is InChI=1S/C26H20ClF3N2O3S/c1-35-20-9-10-22-21(14-20)25(32(11-12-36-25)23(33)17-3-2-4-19(27)13-17)24(34)31(22)15-16-5-7-18(8-6-16)26(28,29)30/h2-10,13-14H,11-12,15H2,1H3. The van der Waals surface area contributed by atoms with Gasteiger partial charge in [0.05, 0.1) is 24.9 Å². The molecular formula is C26H20ClF3N2O3S. The number of ether oxygens (including phenoxy) is 1. The van der Waals surface area contributed by atoms with E-state index in [0.29, 0.717) is 45.4 Å². The molecule has 1 spiro atoms. The summed E-state index contributed by atoms with van der Waals surface area (Å²) < 4.78 is 44.4. The van der Waals surface area contributed by atoms with Crippen molar-refractivity contribution >= 4 is 40.9 Å². The number of thioether (sulfide) groups is 1. The van der Waals surface area contributed by atoms with Crippen LogP contribution < -0.4 is 9.64 Å². The average molecular weight is 533 g/mol. The van der Waals surface area contributed by atoms with Gasteiger partial charge >= 0.3 is 6.18 Å². The first kappa shape index (κ1) is 24.5. The number of hydrogen-bond acceptors (Lipinski definition) is 4. The second-order valence-electron chi connectivity index (χ2n) is 8.43. The minimum Gasteiger partial charge on any atom is -0.497 e. The van der Waals surface area contributed by atoms with E-state index in [2.05, 4.69) is 0 Å². The summed E-state index contributed by atoms with van der Waals surface area (Å²) in [5.74, 6) is 0.396. The van der Waals surface area contributed by atoms with E-state index < -0.39 is 16.6 Å². The molecule has 3 aromatic rings. The van der Waals surface area contributed by atoms with Crippen molar-refractivity contribution in [2.75, 3.05) is 24.3 Å². The number of rotatable bonds is 4. The van der Waals surface area contributed by atoms with E-state index in [-0.39, 0.29) is 18.4 Å². The lowest BCUT2D eigenvalue weighted by Crippen LogP contribution is -2.50. The lowest BCUT2D eigenvalue weighted by molar-refractivity contribution is -0.137. The molecule has 5 nitrogen and oxygen atoms in total. The van der Waals surface area contributed by atoms with Crippen LogP contribution in [-0.2, 0) is 22.4 Å². The van der Waals surface area contributed by atoms with Gasteiger partial charge in [-0.15, -0.1) is 11.8 Å². The van der Waals surface area contributed by atoms with Gasteiger partial charge in [0.2, 0.25) is 0 Å². The van der Waals surface area contributed by atoms with Crippen LogP contribution >= 0.6 is 23.4 Å². The van der Waals surface area contributed by atoms with Crippen LogP contribution in [0.5, 0.6) is 5.75 Å². The van der Waals surface area contributed by atoms with E-state index in [1.807, 2.05) is 0 Å². The summed E-state index contributed by atoms with van der Waals surface area (Å²) in [6.45, 7) is 0.393. The Morgan fingerprint density at radius 2 is 1.86 bits per heavy atom. The monoisotopic (exact) mass is 532 g/mol. The van der Waals surface area contributed by atoms with Crippen molar-refractivity contribution in [1.29, 1.82) is 0 Å². The summed E-state index contributed by atoms with van der Waals surface area (Å²) in [4.78, 5) is 29.5. The van der Waals surface area contributed by atoms with Gasteiger partial charge in [0.25, 0.3) is 11.8 Å². The third-order valence-corrected chi connectivity index (χ3v) is 7.99. The van der Waals surface area contributed by atoms with Gasteiger partial charge in [-0.1, -0.05) is 29.8 Å². The Morgan fingerprint density at radius 1 is 1.11 bits per heavy atom. The molecule has 1 saturated heterocycles. The largest absolute Gasteiger partial charge is 0.497 e. The zero-order valence-corrected chi connectivity index (χ0v) is 20.6. The molecule has 2 amide bonds. The normalized spacial score (nSPS) is 19.2. The molecule has 3 aromatic carbocycles. The second kappa shape index (κ2) is 9.05. The maximum absolute atomic E-state index is 14.1. The Morgan fingerprint density at radius 3 is 2.53 bits per heavy atom. The predicted octanol–water partition coefficient (Wildman–Crippen LogP) is 5.96. The van der Waals surface area contributed by atoms with Gasteiger partial charge in [0.1, 0.15) is 5.75 Å². The molecule has 1 unspecified atom stereocenters. The number of hydrogen-bond donors (Lipinski definition) is 0. The first-order valence-corrected chi connectivity index (χ1v) is 12.4. The van der Waals surface area contributed by atoms with Crippen molar-refractivity contribution in [3.8, 4) is 5.75 Å². The molecule has 2 aliphatic heterocycles. The molecule has 0 N–H and O–H groups in total. The Kier molecular flexibility index (Phi) is 6.16. The van der Waals surface area contributed by atoms with Gasteiger partial charge in [-0.25, -0.2) is 0 Å². The highest BCUT2D eigenvalue weighted by Crippen LogP contribution is 2.55. The summed E-state index contributed by atoms with van der Waals surface area (Å²) in [7, 11) is 1.52. The zero-order chi connectivity index (χ0) is 25.7. The molecular weight excluding hydrogens is 513 g/mol. The van der Waals surface area contributed by atoms with Gasteiger partial charge in [-0.3, -0.25) is 9.59 Å². The molecule has 1 fully saturated rings. The number of halogens is 4. The average Bonchev–Trinajstić information content (AvgIpc) is 3.40. The molecule has 36 heavy (non-hydrogen) atoms. The molecule has 5 rings (SSSR count). The molecule has 2 aliphatic rings. The van der Waals surface area contributed by atoms with Gasteiger partial charge < -0.3 is 14.5 Å². The van der Waals surface area contributed by atoms with Gasteiger partial charge in [-0.05, 0) is 54.1 Å². The third-order valence-electron chi connectivity index (χ3n) is 6.34. The maximum Gasteiger partial charge on any atom is 0.416 e. The van der Waals surface area contributed by atoms with Crippen LogP contribution in [0.1, 0.15) is 27.0 Å². The Labute approximate surface area is 214 Å². The van der Waals surface area contributed by atoms with Crippen LogP contribution in [0.2, 0.25) is 5.02 Å². The summed E-state index contributed by atoms with van der Waals surface area (Å²) in [6, 6.07) is 16.5. The zero-order valence-electron chi connectivity index (χ0n) is 19.0. The van der Waals surface area contributed by atoms with Crippen molar-refractivity contribution < 1.29 is 27.5 Å². The number of anilines is 1. The number of alkyl halides is 3. The maximum atomic E-state index is 14.1. The van der Waals surface area contributed by atoms with Crippen LogP contribution in [0.4, 0.5) is 18.9 Å². The molecule has 0 aromatic heterocycles. The van der Waals surface area contributed by atoms with Crippen LogP contribution in [0.3, 0.4) is 0 Å². The van der Waals surface area contributed by atoms with E-state index in [9.17, 15) is 22.8 Å². The summed E-state index contributed by atoms with van der Waals surface area (Å²) in [5, 5.41) is 0.408. The summed E-state index contributed by atoms with van der Waals surface area (Å²) in [6.07, 6.45) is -4.45. The molecule has 0 radical (unpaired) electrons. The summed E-state index contributed by atoms with van der Waals surface area (Å²) >= 11 is 7.47. The summed E-state index contributed by atoms with van der Waals surface area (Å²) in [5.41, 5.74) is 1.33. The molecule has 2 heterocycles. The topological polar surface area (TPSA) is 49.9 Å². The van der Waals surface area contributed by atoms with Gasteiger partial charge in [-0.2, -0.15) is 13.2 Å². The Bertz CT molecular complexity index is 1350. The second-order valence-corrected chi connectivity index (χ2v) is 10.2. The number of methoxy groups -OCH3 is 1. The van der Waals surface area contributed by atoms with Gasteiger partial charge in [0.15, 0.2) is 4.87 Å². The van der Waals surface area contributed by atoms with Crippen molar-refractivity contribution in [3.05, 3.63) is 94.0 Å². The SMILES string of the molecule is COc1ccc2c(c1)C1(SCCN1C(=O)c1cccc(Cl)c1)C(=O)N2Cc1ccc(C(F)(F)F)cc1. The number of carbonyl (C=O) groups is 2. The van der Waals surface area contributed by atoms with E-state index in [0.717, 1.165) is 12.1 Å². The highest BCUT2D eigenvalue weighted by Gasteiger charge is 2.59. The lowest BCUT2D eigenvalue weighted by atomic mass is 10.0. The molecule has 0 saturated carbocycles. The third kappa shape index (κ3) is 4.00. The first-order chi connectivity index (χ1) is 17.1. The highest BCUT2D eigenvalue weighted by molar-refractivity contribution is 8.01. The number of amides is 2. The van der Waals surface area contributed by atoms with Crippen LogP contribution in [0.15, 0.2) is 66.7 Å². The van der Waals surface area contributed by atoms with Crippen LogP contribution in [-0.4, -0.2) is 36.1 Å². The predicted molar refractivity (Wildman–Crippen MR) is 132 cm³/mol. The lowest BCUT2D eigenvalue weighted by Gasteiger charge is -2.33.